The summed E-state index contributed by atoms with van der Waals surface area (Å²) in [4.78, 5) is 22.2. The van der Waals surface area contributed by atoms with Crippen LogP contribution >= 0.6 is 11.6 Å². The topological polar surface area (TPSA) is 66.4 Å². The lowest BCUT2D eigenvalue weighted by atomic mass is 10.1. The number of unbranched alkanes of at least 4 members (excludes halogenated alkanes) is 2. The SMILES string of the molecule is Cc1cccc(C(=O)NCCCCCC(=O)O)c1Cl. The largest absolute Gasteiger partial charge is 0.481 e. The van der Waals surface area contributed by atoms with Crippen LogP contribution in [0.2, 0.25) is 5.02 Å². The highest BCUT2D eigenvalue weighted by Gasteiger charge is 2.10. The molecule has 0 atom stereocenters. The minimum atomic E-state index is -0.782. The van der Waals surface area contributed by atoms with Gasteiger partial charge in [-0.2, -0.15) is 0 Å². The van der Waals surface area contributed by atoms with Crippen molar-refractivity contribution in [2.24, 2.45) is 0 Å². The number of aliphatic carboxylic acids is 1. The summed E-state index contributed by atoms with van der Waals surface area (Å²) in [5.41, 5.74) is 1.35. The molecule has 0 aliphatic heterocycles. The fraction of sp³-hybridized carbons (Fsp3) is 0.429. The zero-order chi connectivity index (χ0) is 14.3. The van der Waals surface area contributed by atoms with E-state index in [1.54, 1.807) is 12.1 Å². The standard InChI is InChI=1S/C14H18ClNO3/c1-10-6-5-7-11(13(10)15)14(19)16-9-4-2-3-8-12(17)18/h5-7H,2-4,8-9H2,1H3,(H,16,19)(H,17,18). The number of hydrogen-bond acceptors (Lipinski definition) is 2. The van der Waals surface area contributed by atoms with Gasteiger partial charge in [-0.1, -0.05) is 30.2 Å². The molecule has 1 rings (SSSR count). The van der Waals surface area contributed by atoms with E-state index in [2.05, 4.69) is 5.32 Å². The van der Waals surface area contributed by atoms with Crippen molar-refractivity contribution in [3.05, 3.63) is 34.3 Å². The van der Waals surface area contributed by atoms with Crippen LogP contribution in [0.3, 0.4) is 0 Å². The summed E-state index contributed by atoms with van der Waals surface area (Å²) in [5.74, 6) is -0.970. The van der Waals surface area contributed by atoms with Gasteiger partial charge in [0.1, 0.15) is 0 Å². The highest BCUT2D eigenvalue weighted by molar-refractivity contribution is 6.34. The fourth-order valence-corrected chi connectivity index (χ4v) is 1.91. The molecule has 5 heteroatoms. The molecule has 0 bridgehead atoms. The number of amides is 1. The second-order valence-electron chi connectivity index (χ2n) is 4.40. The molecule has 0 aliphatic carbocycles. The van der Waals surface area contributed by atoms with Crippen LogP contribution in [0.1, 0.15) is 41.6 Å². The third-order valence-corrected chi connectivity index (χ3v) is 3.29. The Kier molecular flexibility index (Phi) is 6.36. The molecule has 1 aromatic rings. The van der Waals surface area contributed by atoms with Crippen molar-refractivity contribution in [1.82, 2.24) is 5.32 Å². The fourth-order valence-electron chi connectivity index (χ4n) is 1.70. The molecule has 0 spiro atoms. The van der Waals surface area contributed by atoms with Gasteiger partial charge in [0, 0.05) is 13.0 Å². The molecule has 0 saturated heterocycles. The summed E-state index contributed by atoms with van der Waals surface area (Å²) in [6.07, 6.45) is 2.37. The number of rotatable bonds is 7. The maximum atomic E-state index is 11.9. The minimum Gasteiger partial charge on any atom is -0.481 e. The lowest BCUT2D eigenvalue weighted by Crippen LogP contribution is -2.24. The van der Waals surface area contributed by atoms with Crippen LogP contribution in [-0.2, 0) is 4.79 Å². The number of carboxylic acids is 1. The van der Waals surface area contributed by atoms with Crippen LogP contribution in [0.25, 0.3) is 0 Å². The van der Waals surface area contributed by atoms with Crippen LogP contribution in [0, 0.1) is 6.92 Å². The number of carbonyl (C=O) groups is 2. The van der Waals surface area contributed by atoms with E-state index in [-0.39, 0.29) is 12.3 Å². The summed E-state index contributed by atoms with van der Waals surface area (Å²) in [5, 5.41) is 11.7. The van der Waals surface area contributed by atoms with Gasteiger partial charge in [-0.3, -0.25) is 9.59 Å². The molecule has 0 aromatic heterocycles. The third kappa shape index (κ3) is 5.30. The van der Waals surface area contributed by atoms with Crippen molar-refractivity contribution in [2.45, 2.75) is 32.6 Å². The first-order valence-corrected chi connectivity index (χ1v) is 6.65. The van der Waals surface area contributed by atoms with Crippen molar-refractivity contribution >= 4 is 23.5 Å². The van der Waals surface area contributed by atoms with E-state index >= 15 is 0 Å². The zero-order valence-electron chi connectivity index (χ0n) is 10.9. The molecule has 0 fully saturated rings. The molecule has 0 aliphatic rings. The van der Waals surface area contributed by atoms with Gasteiger partial charge in [-0.25, -0.2) is 0 Å². The molecule has 19 heavy (non-hydrogen) atoms. The average molecular weight is 284 g/mol. The molecule has 1 aromatic carbocycles. The van der Waals surface area contributed by atoms with E-state index in [4.69, 9.17) is 16.7 Å². The molecule has 0 radical (unpaired) electrons. The van der Waals surface area contributed by atoms with Crippen LogP contribution in [0.15, 0.2) is 18.2 Å². The van der Waals surface area contributed by atoms with E-state index in [1.165, 1.54) is 0 Å². The van der Waals surface area contributed by atoms with Gasteiger partial charge in [-0.15, -0.1) is 0 Å². The molecule has 4 nitrogen and oxygen atoms in total. The highest BCUT2D eigenvalue weighted by Crippen LogP contribution is 2.19. The first-order valence-electron chi connectivity index (χ1n) is 6.27. The molecule has 1 amide bonds. The highest BCUT2D eigenvalue weighted by atomic mass is 35.5. The smallest absolute Gasteiger partial charge is 0.303 e. The van der Waals surface area contributed by atoms with Gasteiger partial charge in [-0.05, 0) is 31.4 Å². The Morgan fingerprint density at radius 2 is 2.00 bits per heavy atom. The number of aryl methyl sites for hydroxylation is 1. The minimum absolute atomic E-state index is 0.178. The molecule has 0 unspecified atom stereocenters. The third-order valence-electron chi connectivity index (χ3n) is 2.79. The Bertz CT molecular complexity index is 460. The van der Waals surface area contributed by atoms with Crippen molar-refractivity contribution < 1.29 is 14.7 Å². The Morgan fingerprint density at radius 1 is 1.26 bits per heavy atom. The Labute approximate surface area is 117 Å². The van der Waals surface area contributed by atoms with Crippen LogP contribution in [-0.4, -0.2) is 23.5 Å². The second-order valence-corrected chi connectivity index (χ2v) is 4.77. The van der Waals surface area contributed by atoms with Crippen LogP contribution in [0.5, 0.6) is 0 Å². The summed E-state index contributed by atoms with van der Waals surface area (Å²) in [6, 6.07) is 5.34. The quantitative estimate of drug-likeness (QED) is 0.756. The Hall–Kier alpha value is -1.55. The lowest BCUT2D eigenvalue weighted by molar-refractivity contribution is -0.137. The average Bonchev–Trinajstić information content (AvgIpc) is 2.36. The van der Waals surface area contributed by atoms with E-state index in [0.29, 0.717) is 23.6 Å². The molecular formula is C14H18ClNO3. The van der Waals surface area contributed by atoms with Crippen molar-refractivity contribution in [3.63, 3.8) is 0 Å². The van der Waals surface area contributed by atoms with E-state index < -0.39 is 5.97 Å². The zero-order valence-corrected chi connectivity index (χ0v) is 11.7. The Morgan fingerprint density at radius 3 is 2.68 bits per heavy atom. The lowest BCUT2D eigenvalue weighted by Gasteiger charge is -2.08. The van der Waals surface area contributed by atoms with Gasteiger partial charge in [0.25, 0.3) is 5.91 Å². The maximum Gasteiger partial charge on any atom is 0.303 e. The van der Waals surface area contributed by atoms with Crippen molar-refractivity contribution in [1.29, 1.82) is 0 Å². The number of nitrogens with one attached hydrogen (secondary N) is 1. The molecule has 0 heterocycles. The van der Waals surface area contributed by atoms with E-state index in [1.807, 2.05) is 13.0 Å². The first-order chi connectivity index (χ1) is 9.02. The van der Waals surface area contributed by atoms with Gasteiger partial charge in [0.05, 0.1) is 10.6 Å². The second kappa shape index (κ2) is 7.79. The number of carboxylic acid groups (broad SMARTS) is 1. The van der Waals surface area contributed by atoms with Gasteiger partial charge in [0.15, 0.2) is 0 Å². The van der Waals surface area contributed by atoms with E-state index in [0.717, 1.165) is 18.4 Å². The number of halogens is 1. The summed E-state index contributed by atoms with van der Waals surface area (Å²) in [6.45, 7) is 2.38. The number of benzene rings is 1. The van der Waals surface area contributed by atoms with Gasteiger partial charge in [0.2, 0.25) is 0 Å². The molecule has 0 saturated carbocycles. The van der Waals surface area contributed by atoms with Crippen molar-refractivity contribution in [2.75, 3.05) is 6.54 Å². The van der Waals surface area contributed by atoms with Gasteiger partial charge < -0.3 is 10.4 Å². The normalized spacial score (nSPS) is 10.2. The van der Waals surface area contributed by atoms with Gasteiger partial charge >= 0.3 is 5.97 Å². The predicted octanol–water partition coefficient (Wildman–Crippen LogP) is 3.02. The first kappa shape index (κ1) is 15.5. The molecular weight excluding hydrogens is 266 g/mol. The monoisotopic (exact) mass is 283 g/mol. The molecule has 104 valence electrons. The van der Waals surface area contributed by atoms with E-state index in [9.17, 15) is 9.59 Å². The molecule has 2 N–H and O–H groups in total. The maximum absolute atomic E-state index is 11.9. The van der Waals surface area contributed by atoms with Crippen molar-refractivity contribution in [3.8, 4) is 0 Å². The summed E-state index contributed by atoms with van der Waals surface area (Å²) >= 11 is 6.06. The van der Waals surface area contributed by atoms with Crippen LogP contribution in [0.4, 0.5) is 0 Å². The Balaban J connectivity index is 2.32. The summed E-state index contributed by atoms with van der Waals surface area (Å²) in [7, 11) is 0. The summed E-state index contributed by atoms with van der Waals surface area (Å²) < 4.78 is 0. The van der Waals surface area contributed by atoms with Crippen LogP contribution < -0.4 is 5.32 Å². The number of carbonyl (C=O) groups excluding carboxylic acids is 1. The number of hydrogen-bond donors (Lipinski definition) is 2. The predicted molar refractivity (Wildman–Crippen MR) is 74.6 cm³/mol.